The first-order valence-corrected chi connectivity index (χ1v) is 4.60. The van der Waals surface area contributed by atoms with E-state index in [0.29, 0.717) is 17.7 Å². The summed E-state index contributed by atoms with van der Waals surface area (Å²) in [6, 6.07) is 3.19. The van der Waals surface area contributed by atoms with Crippen molar-refractivity contribution >= 4 is 18.0 Å². The Balaban J connectivity index is 2.22. The van der Waals surface area contributed by atoms with Crippen molar-refractivity contribution in [3.05, 3.63) is 23.9 Å². The summed E-state index contributed by atoms with van der Waals surface area (Å²) in [4.78, 5) is 27.2. The number of aliphatic hydroxyl groups is 1. The first-order valence-electron chi connectivity index (χ1n) is 4.60. The van der Waals surface area contributed by atoms with E-state index < -0.39 is 6.10 Å². The van der Waals surface area contributed by atoms with Gasteiger partial charge in [-0.15, -0.1) is 0 Å². The van der Waals surface area contributed by atoms with Gasteiger partial charge in [-0.05, 0) is 12.1 Å². The highest BCUT2D eigenvalue weighted by molar-refractivity contribution is 5.95. The molecule has 78 valence electrons. The number of β-amino-alcohol motifs (C(OH)–C–C–N with tert-alkyl or cyclic N) is 1. The minimum absolute atomic E-state index is 0.136. The van der Waals surface area contributed by atoms with E-state index >= 15 is 0 Å². The fourth-order valence-electron chi connectivity index (χ4n) is 1.54. The maximum absolute atomic E-state index is 11.4. The van der Waals surface area contributed by atoms with E-state index in [1.54, 1.807) is 12.1 Å². The molecule has 1 aromatic rings. The molecule has 1 aliphatic rings. The zero-order valence-corrected chi connectivity index (χ0v) is 7.96. The maximum atomic E-state index is 11.4. The van der Waals surface area contributed by atoms with Gasteiger partial charge < -0.3 is 5.11 Å². The smallest absolute Gasteiger partial charge is 0.230 e. The van der Waals surface area contributed by atoms with E-state index in [1.807, 2.05) is 0 Å². The van der Waals surface area contributed by atoms with E-state index in [2.05, 4.69) is 4.98 Å². The number of aldehydes is 1. The molecule has 1 aliphatic heterocycles. The standard InChI is InChI=1S/C10H10N2O3/c13-6-7-1-2-9(11-4-7)12-5-8(14)3-10(12)15/h1-2,4,6,8,14H,3,5H2. The minimum Gasteiger partial charge on any atom is -0.391 e. The number of carbonyl (C=O) groups is 2. The summed E-state index contributed by atoms with van der Waals surface area (Å²) in [5, 5.41) is 9.29. The van der Waals surface area contributed by atoms with Crippen LogP contribution < -0.4 is 4.90 Å². The molecule has 2 heterocycles. The average Bonchev–Trinajstić information content (AvgIpc) is 2.58. The monoisotopic (exact) mass is 206 g/mol. The third-order valence-corrected chi connectivity index (χ3v) is 2.29. The Hall–Kier alpha value is -1.75. The second-order valence-corrected chi connectivity index (χ2v) is 3.43. The molecule has 0 aromatic carbocycles. The zero-order valence-electron chi connectivity index (χ0n) is 7.96. The highest BCUT2D eigenvalue weighted by atomic mass is 16.3. The molecule has 1 amide bonds. The number of hydrogen-bond acceptors (Lipinski definition) is 4. The van der Waals surface area contributed by atoms with E-state index in [0.717, 1.165) is 0 Å². The van der Waals surface area contributed by atoms with Crippen molar-refractivity contribution < 1.29 is 14.7 Å². The SMILES string of the molecule is O=Cc1ccc(N2CC(O)CC2=O)nc1. The number of rotatable bonds is 2. The van der Waals surface area contributed by atoms with Gasteiger partial charge in [-0.1, -0.05) is 0 Å². The topological polar surface area (TPSA) is 70.5 Å². The lowest BCUT2D eigenvalue weighted by Crippen LogP contribution is -2.26. The molecule has 1 atom stereocenters. The van der Waals surface area contributed by atoms with Gasteiger partial charge in [0.15, 0.2) is 6.29 Å². The predicted molar refractivity (Wildman–Crippen MR) is 52.6 cm³/mol. The lowest BCUT2D eigenvalue weighted by atomic mass is 10.3. The van der Waals surface area contributed by atoms with Gasteiger partial charge in [-0.25, -0.2) is 4.98 Å². The lowest BCUT2D eigenvalue weighted by molar-refractivity contribution is -0.117. The van der Waals surface area contributed by atoms with Crippen LogP contribution in [-0.4, -0.2) is 34.9 Å². The molecule has 0 spiro atoms. The lowest BCUT2D eigenvalue weighted by Gasteiger charge is -2.13. The molecule has 0 radical (unpaired) electrons. The number of aliphatic hydroxyl groups excluding tert-OH is 1. The number of carbonyl (C=O) groups excluding carboxylic acids is 2. The molecule has 2 rings (SSSR count). The van der Waals surface area contributed by atoms with Gasteiger partial charge in [0.2, 0.25) is 5.91 Å². The molecule has 15 heavy (non-hydrogen) atoms. The molecular formula is C10H10N2O3. The van der Waals surface area contributed by atoms with Crippen LogP contribution in [0.1, 0.15) is 16.8 Å². The fraction of sp³-hybridized carbons (Fsp3) is 0.300. The van der Waals surface area contributed by atoms with Gasteiger partial charge >= 0.3 is 0 Å². The summed E-state index contributed by atoms with van der Waals surface area (Å²) < 4.78 is 0. The Morgan fingerprint density at radius 2 is 2.33 bits per heavy atom. The molecule has 1 unspecified atom stereocenters. The van der Waals surface area contributed by atoms with Crippen molar-refractivity contribution in [3.63, 3.8) is 0 Å². The average molecular weight is 206 g/mol. The van der Waals surface area contributed by atoms with Crippen LogP contribution >= 0.6 is 0 Å². The van der Waals surface area contributed by atoms with E-state index in [1.165, 1.54) is 11.1 Å². The summed E-state index contributed by atoms with van der Waals surface area (Å²) in [5.74, 6) is 0.330. The Kier molecular flexibility index (Phi) is 2.47. The fourth-order valence-corrected chi connectivity index (χ4v) is 1.54. The third-order valence-electron chi connectivity index (χ3n) is 2.29. The predicted octanol–water partition coefficient (Wildman–Crippen LogP) is -0.00830. The highest BCUT2D eigenvalue weighted by Crippen LogP contribution is 2.18. The molecule has 0 saturated carbocycles. The summed E-state index contributed by atoms with van der Waals surface area (Å²) >= 11 is 0. The highest BCUT2D eigenvalue weighted by Gasteiger charge is 2.29. The van der Waals surface area contributed by atoms with Crippen molar-refractivity contribution in [2.75, 3.05) is 11.4 Å². The Morgan fingerprint density at radius 3 is 2.80 bits per heavy atom. The van der Waals surface area contributed by atoms with Crippen LogP contribution in [0, 0.1) is 0 Å². The van der Waals surface area contributed by atoms with Gasteiger partial charge in [0.05, 0.1) is 19.1 Å². The van der Waals surface area contributed by atoms with Crippen molar-refractivity contribution in [2.24, 2.45) is 0 Å². The molecule has 1 fully saturated rings. The van der Waals surface area contributed by atoms with Crippen LogP contribution in [0.25, 0.3) is 0 Å². The summed E-state index contributed by atoms with van der Waals surface area (Å²) in [5.41, 5.74) is 0.464. The maximum Gasteiger partial charge on any atom is 0.230 e. The van der Waals surface area contributed by atoms with Crippen LogP contribution in [0.2, 0.25) is 0 Å². The van der Waals surface area contributed by atoms with Crippen molar-refractivity contribution in [3.8, 4) is 0 Å². The molecule has 5 heteroatoms. The molecule has 1 saturated heterocycles. The summed E-state index contributed by atoms with van der Waals surface area (Å²) in [6.45, 7) is 0.270. The Bertz CT molecular complexity index is 388. The molecule has 1 N–H and O–H groups in total. The first kappa shape index (κ1) is 9.79. The van der Waals surface area contributed by atoms with Gasteiger partial charge in [0.1, 0.15) is 5.82 Å². The van der Waals surface area contributed by atoms with Crippen LogP contribution in [0.15, 0.2) is 18.3 Å². The number of anilines is 1. The van der Waals surface area contributed by atoms with Gasteiger partial charge in [-0.2, -0.15) is 0 Å². The first-order chi connectivity index (χ1) is 7.20. The second-order valence-electron chi connectivity index (χ2n) is 3.43. The number of nitrogens with zero attached hydrogens (tertiary/aromatic N) is 2. The molecule has 0 bridgehead atoms. The van der Waals surface area contributed by atoms with Gasteiger partial charge in [-0.3, -0.25) is 14.5 Å². The summed E-state index contributed by atoms with van der Waals surface area (Å²) in [6.07, 6.45) is 1.61. The quantitative estimate of drug-likeness (QED) is 0.691. The van der Waals surface area contributed by atoms with Gasteiger partial charge in [0.25, 0.3) is 0 Å². The van der Waals surface area contributed by atoms with Gasteiger partial charge in [0, 0.05) is 11.8 Å². The third kappa shape index (κ3) is 1.87. The largest absolute Gasteiger partial charge is 0.391 e. The molecular weight excluding hydrogens is 196 g/mol. The molecule has 0 aliphatic carbocycles. The zero-order chi connectivity index (χ0) is 10.8. The Morgan fingerprint density at radius 1 is 1.53 bits per heavy atom. The van der Waals surface area contributed by atoms with Crippen molar-refractivity contribution in [1.82, 2.24) is 4.98 Å². The number of hydrogen-bond donors (Lipinski definition) is 1. The van der Waals surface area contributed by atoms with Crippen LogP contribution in [-0.2, 0) is 4.79 Å². The normalized spacial score (nSPS) is 20.7. The van der Waals surface area contributed by atoms with Crippen LogP contribution in [0.3, 0.4) is 0 Å². The van der Waals surface area contributed by atoms with E-state index in [4.69, 9.17) is 0 Å². The molecule has 1 aromatic heterocycles. The number of aromatic nitrogens is 1. The summed E-state index contributed by atoms with van der Waals surface area (Å²) in [7, 11) is 0. The van der Waals surface area contributed by atoms with Crippen molar-refractivity contribution in [2.45, 2.75) is 12.5 Å². The number of amides is 1. The van der Waals surface area contributed by atoms with Crippen LogP contribution in [0.5, 0.6) is 0 Å². The van der Waals surface area contributed by atoms with E-state index in [9.17, 15) is 14.7 Å². The second kappa shape index (κ2) is 3.78. The van der Waals surface area contributed by atoms with E-state index in [-0.39, 0.29) is 18.9 Å². The van der Waals surface area contributed by atoms with Crippen LogP contribution in [0.4, 0.5) is 5.82 Å². The molecule has 5 nitrogen and oxygen atoms in total. The Labute approximate surface area is 86.3 Å². The van der Waals surface area contributed by atoms with Crippen molar-refractivity contribution in [1.29, 1.82) is 0 Å². The minimum atomic E-state index is -0.620. The number of pyridine rings is 1.